The molecule has 0 aliphatic rings. The third-order valence-corrected chi connectivity index (χ3v) is 2.18. The van der Waals surface area contributed by atoms with Gasteiger partial charge in [0.05, 0.1) is 6.54 Å². The molecule has 0 aliphatic carbocycles. The molecular formula is C12H18N2O3. The number of carbonyl (C=O) groups excluding carboxylic acids is 1. The van der Waals surface area contributed by atoms with Crippen LogP contribution < -0.4 is 15.8 Å². The Balaban J connectivity index is 2.49. The van der Waals surface area contributed by atoms with Gasteiger partial charge in [0.1, 0.15) is 5.75 Å². The maximum absolute atomic E-state index is 11.1. The number of carbonyl (C=O) groups is 1. The van der Waals surface area contributed by atoms with Crippen molar-refractivity contribution >= 4 is 11.6 Å². The van der Waals surface area contributed by atoms with Gasteiger partial charge < -0.3 is 20.5 Å². The van der Waals surface area contributed by atoms with Gasteiger partial charge in [-0.2, -0.15) is 0 Å². The second-order valence-corrected chi connectivity index (χ2v) is 3.51. The van der Waals surface area contributed by atoms with Gasteiger partial charge in [0.15, 0.2) is 0 Å². The number of hydrogen-bond donors (Lipinski definition) is 2. The Bertz CT molecular complexity index is 369. The monoisotopic (exact) mass is 238 g/mol. The van der Waals surface area contributed by atoms with Crippen LogP contribution in [0.2, 0.25) is 0 Å². The van der Waals surface area contributed by atoms with Crippen LogP contribution in [0.25, 0.3) is 0 Å². The number of nitrogens with two attached hydrogens (primary N) is 1. The summed E-state index contributed by atoms with van der Waals surface area (Å²) in [4.78, 5) is 11.1. The number of benzene rings is 1. The molecule has 5 heteroatoms. The number of hydrogen-bond acceptors (Lipinski definition) is 4. The number of anilines is 1. The summed E-state index contributed by atoms with van der Waals surface area (Å²) >= 11 is 0. The van der Waals surface area contributed by atoms with Gasteiger partial charge in [-0.3, -0.25) is 4.79 Å². The van der Waals surface area contributed by atoms with Crippen LogP contribution in [0.3, 0.4) is 0 Å². The van der Waals surface area contributed by atoms with Gasteiger partial charge in [0.2, 0.25) is 12.2 Å². The number of methoxy groups -OCH3 is 1. The zero-order chi connectivity index (χ0) is 12.7. The van der Waals surface area contributed by atoms with Crippen LogP contribution in [0, 0.1) is 0 Å². The van der Waals surface area contributed by atoms with Crippen molar-refractivity contribution in [1.29, 1.82) is 0 Å². The molecule has 5 nitrogen and oxygen atoms in total. The standard InChI is InChI=1S/C12H18N2O3/c1-3-11(15)14-8-12(16-2)17-10-6-4-5-9(13)7-10/h4-7,12H,3,8,13H2,1-2H3,(H,14,15). The second kappa shape index (κ2) is 6.75. The molecule has 1 rings (SSSR count). The first-order valence-corrected chi connectivity index (χ1v) is 5.47. The van der Waals surface area contributed by atoms with Crippen LogP contribution in [0.15, 0.2) is 24.3 Å². The Hall–Kier alpha value is -1.75. The van der Waals surface area contributed by atoms with E-state index >= 15 is 0 Å². The first-order valence-electron chi connectivity index (χ1n) is 5.47. The molecule has 1 aromatic rings. The minimum Gasteiger partial charge on any atom is -0.463 e. The molecule has 1 amide bonds. The van der Waals surface area contributed by atoms with Gasteiger partial charge in [-0.25, -0.2) is 0 Å². The lowest BCUT2D eigenvalue weighted by atomic mass is 10.3. The zero-order valence-corrected chi connectivity index (χ0v) is 10.1. The highest BCUT2D eigenvalue weighted by Gasteiger charge is 2.10. The zero-order valence-electron chi connectivity index (χ0n) is 10.1. The fraction of sp³-hybridized carbons (Fsp3) is 0.417. The highest BCUT2D eigenvalue weighted by Crippen LogP contribution is 2.16. The number of amides is 1. The van der Waals surface area contributed by atoms with Crippen molar-refractivity contribution in [3.63, 3.8) is 0 Å². The van der Waals surface area contributed by atoms with Crippen LogP contribution in [0.4, 0.5) is 5.69 Å². The van der Waals surface area contributed by atoms with Crippen molar-refractivity contribution in [2.75, 3.05) is 19.4 Å². The Morgan fingerprint density at radius 1 is 1.53 bits per heavy atom. The first kappa shape index (κ1) is 13.3. The summed E-state index contributed by atoms with van der Waals surface area (Å²) in [6.07, 6.45) is -0.0818. The molecule has 0 bridgehead atoms. The Labute approximate surface area is 101 Å². The summed E-state index contributed by atoms with van der Waals surface area (Å²) in [5.41, 5.74) is 6.25. The van der Waals surface area contributed by atoms with Crippen LogP contribution in [0.1, 0.15) is 13.3 Å². The van der Waals surface area contributed by atoms with E-state index in [2.05, 4.69) is 5.32 Å². The van der Waals surface area contributed by atoms with Crippen molar-refractivity contribution < 1.29 is 14.3 Å². The van der Waals surface area contributed by atoms with Crippen LogP contribution in [0.5, 0.6) is 5.75 Å². The SMILES string of the molecule is CCC(=O)NCC(OC)Oc1cccc(N)c1. The van der Waals surface area contributed by atoms with Crippen LogP contribution in [-0.4, -0.2) is 25.9 Å². The fourth-order valence-electron chi connectivity index (χ4n) is 1.23. The normalized spacial score (nSPS) is 11.9. The molecular weight excluding hydrogens is 220 g/mol. The second-order valence-electron chi connectivity index (χ2n) is 3.51. The first-order chi connectivity index (χ1) is 8.15. The van der Waals surface area contributed by atoms with E-state index in [4.69, 9.17) is 15.2 Å². The summed E-state index contributed by atoms with van der Waals surface area (Å²) in [7, 11) is 1.52. The smallest absolute Gasteiger partial charge is 0.219 e. The molecule has 0 spiro atoms. The lowest BCUT2D eigenvalue weighted by Crippen LogP contribution is -2.36. The maximum Gasteiger partial charge on any atom is 0.219 e. The van der Waals surface area contributed by atoms with Gasteiger partial charge >= 0.3 is 0 Å². The predicted molar refractivity (Wildman–Crippen MR) is 65.6 cm³/mol. The molecule has 0 saturated carbocycles. The summed E-state index contributed by atoms with van der Waals surface area (Å²) < 4.78 is 10.6. The molecule has 3 N–H and O–H groups in total. The Kier molecular flexibility index (Phi) is 5.29. The highest BCUT2D eigenvalue weighted by molar-refractivity contribution is 5.75. The third kappa shape index (κ3) is 4.74. The molecule has 1 atom stereocenters. The molecule has 0 radical (unpaired) electrons. The van der Waals surface area contributed by atoms with Crippen LogP contribution >= 0.6 is 0 Å². The summed E-state index contributed by atoms with van der Waals surface area (Å²) in [6.45, 7) is 2.09. The minimum atomic E-state index is -0.521. The lowest BCUT2D eigenvalue weighted by Gasteiger charge is -2.18. The van der Waals surface area contributed by atoms with E-state index in [9.17, 15) is 4.79 Å². The van der Waals surface area contributed by atoms with E-state index in [1.165, 1.54) is 7.11 Å². The molecule has 1 aromatic carbocycles. The number of nitrogens with one attached hydrogen (secondary N) is 1. The average molecular weight is 238 g/mol. The summed E-state index contributed by atoms with van der Waals surface area (Å²) in [5.74, 6) is 0.575. The topological polar surface area (TPSA) is 73.6 Å². The molecule has 0 saturated heterocycles. The Morgan fingerprint density at radius 2 is 2.29 bits per heavy atom. The third-order valence-electron chi connectivity index (χ3n) is 2.18. The molecule has 17 heavy (non-hydrogen) atoms. The van der Waals surface area contributed by atoms with E-state index in [-0.39, 0.29) is 5.91 Å². The van der Waals surface area contributed by atoms with Gasteiger partial charge in [-0.05, 0) is 12.1 Å². The van der Waals surface area contributed by atoms with Crippen molar-refractivity contribution in [2.45, 2.75) is 19.6 Å². The molecule has 0 aliphatic heterocycles. The quantitative estimate of drug-likeness (QED) is 0.576. The van der Waals surface area contributed by atoms with Crippen LogP contribution in [-0.2, 0) is 9.53 Å². The van der Waals surface area contributed by atoms with Gasteiger partial charge in [0.25, 0.3) is 0 Å². The molecule has 0 fully saturated rings. The lowest BCUT2D eigenvalue weighted by molar-refractivity contribution is -0.123. The highest BCUT2D eigenvalue weighted by atomic mass is 16.7. The Morgan fingerprint density at radius 3 is 2.88 bits per heavy atom. The maximum atomic E-state index is 11.1. The summed E-state index contributed by atoms with van der Waals surface area (Å²) in [6, 6.07) is 7.05. The van der Waals surface area contributed by atoms with Crippen molar-refractivity contribution in [2.24, 2.45) is 0 Å². The average Bonchev–Trinajstić information content (AvgIpc) is 2.34. The van der Waals surface area contributed by atoms with E-state index in [1.54, 1.807) is 31.2 Å². The molecule has 0 heterocycles. The van der Waals surface area contributed by atoms with Gasteiger partial charge in [-0.15, -0.1) is 0 Å². The van der Waals surface area contributed by atoms with E-state index in [1.807, 2.05) is 0 Å². The fourth-order valence-corrected chi connectivity index (χ4v) is 1.23. The minimum absolute atomic E-state index is 0.0387. The van der Waals surface area contributed by atoms with E-state index in [0.29, 0.717) is 24.4 Å². The summed E-state index contributed by atoms with van der Waals surface area (Å²) in [5, 5.41) is 2.70. The van der Waals surface area contributed by atoms with Crippen molar-refractivity contribution in [3.8, 4) is 5.75 Å². The van der Waals surface area contributed by atoms with Crippen molar-refractivity contribution in [1.82, 2.24) is 5.32 Å². The number of nitrogen functional groups attached to an aromatic ring is 1. The molecule has 1 unspecified atom stereocenters. The van der Waals surface area contributed by atoms with Crippen molar-refractivity contribution in [3.05, 3.63) is 24.3 Å². The van der Waals surface area contributed by atoms with E-state index in [0.717, 1.165) is 0 Å². The number of ether oxygens (including phenoxy) is 2. The van der Waals surface area contributed by atoms with Gasteiger partial charge in [0, 0.05) is 25.3 Å². The van der Waals surface area contributed by atoms with E-state index < -0.39 is 6.29 Å². The number of rotatable bonds is 6. The van der Waals surface area contributed by atoms with Gasteiger partial charge in [-0.1, -0.05) is 13.0 Å². The predicted octanol–water partition coefficient (Wildman–Crippen LogP) is 1.15. The largest absolute Gasteiger partial charge is 0.463 e. The molecule has 94 valence electrons. The molecule has 0 aromatic heterocycles.